The largest absolute Gasteiger partial charge is 0.310 e. The number of hydrogen-bond donors (Lipinski definition) is 0. The number of hydrogen-bond acceptors (Lipinski definition) is 2. The second-order valence-corrected chi connectivity index (χ2v) is 16.9. The normalized spacial score (nSPS) is 11.6. The van der Waals surface area contributed by atoms with Crippen LogP contribution in [0.3, 0.4) is 0 Å². The van der Waals surface area contributed by atoms with Crippen molar-refractivity contribution >= 4 is 81.1 Å². The highest BCUT2D eigenvalue weighted by atomic mass is 32.1. The molecule has 0 unspecified atom stereocenters. The first-order chi connectivity index (χ1) is 30.2. The summed E-state index contributed by atoms with van der Waals surface area (Å²) in [6.07, 6.45) is 0. The molecule has 0 bridgehead atoms. The number of thiophene rings is 1. The fourth-order valence-electron chi connectivity index (χ4n) is 9.16. The van der Waals surface area contributed by atoms with Gasteiger partial charge in [0, 0.05) is 53.7 Å². The fraction of sp³-hybridized carbons (Fsp3) is 0. The fourth-order valence-corrected chi connectivity index (χ4v) is 10.3. The molecule has 0 saturated heterocycles. The molecule has 2 nitrogen and oxygen atoms in total. The van der Waals surface area contributed by atoms with Crippen LogP contribution < -0.4 is 4.90 Å². The maximum absolute atomic E-state index is 2.39. The first-order valence-corrected chi connectivity index (χ1v) is 21.6. The van der Waals surface area contributed by atoms with E-state index in [4.69, 9.17) is 0 Å². The molecule has 0 aliphatic carbocycles. The average molecular weight is 795 g/mol. The first kappa shape index (κ1) is 35.2. The highest BCUT2D eigenvalue weighted by molar-refractivity contribution is 7.25. The quantitative estimate of drug-likeness (QED) is 0.156. The molecule has 0 saturated carbocycles. The number of benzene rings is 10. The van der Waals surface area contributed by atoms with Gasteiger partial charge in [-0.25, -0.2) is 0 Å². The van der Waals surface area contributed by atoms with Crippen LogP contribution in [0.25, 0.3) is 91.8 Å². The molecule has 12 rings (SSSR count). The molecule has 0 fully saturated rings. The van der Waals surface area contributed by atoms with E-state index in [0.717, 1.165) is 17.1 Å². The smallest absolute Gasteiger partial charge is 0.0541 e. The number of aromatic nitrogens is 1. The van der Waals surface area contributed by atoms with Crippen LogP contribution in [0.2, 0.25) is 0 Å². The van der Waals surface area contributed by atoms with Gasteiger partial charge in [0.1, 0.15) is 0 Å². The summed E-state index contributed by atoms with van der Waals surface area (Å²) in [6, 6.07) is 84.2. The lowest BCUT2D eigenvalue weighted by atomic mass is 9.97. The second-order valence-electron chi connectivity index (χ2n) is 15.8. The number of para-hydroxylation sites is 2. The molecule has 0 aliphatic rings. The van der Waals surface area contributed by atoms with E-state index >= 15 is 0 Å². The van der Waals surface area contributed by atoms with E-state index < -0.39 is 0 Å². The van der Waals surface area contributed by atoms with Crippen molar-refractivity contribution in [2.75, 3.05) is 4.90 Å². The molecule has 286 valence electrons. The zero-order chi connectivity index (χ0) is 40.3. The zero-order valence-corrected chi connectivity index (χ0v) is 34.1. The summed E-state index contributed by atoms with van der Waals surface area (Å²) < 4.78 is 4.96. The summed E-state index contributed by atoms with van der Waals surface area (Å²) in [5, 5.41) is 7.63. The SMILES string of the molecule is c1ccc(-n2c3ccccc3c3cc(-c4ccc(N(c5ccc(-c6cccc(-c7ccc8ccccc8c7)c6)cc5)c5ccc6c(c5)sc5ccccc56)cc4)ccc32)cc1. The van der Waals surface area contributed by atoms with Crippen molar-refractivity contribution in [1.82, 2.24) is 4.57 Å². The molecule has 0 atom stereocenters. The van der Waals surface area contributed by atoms with E-state index in [1.807, 2.05) is 11.3 Å². The Morgan fingerprint density at radius 2 is 0.852 bits per heavy atom. The Bertz CT molecular complexity index is 3580. The van der Waals surface area contributed by atoms with Crippen molar-refractivity contribution in [3.63, 3.8) is 0 Å². The molecular weight excluding hydrogens is 757 g/mol. The average Bonchev–Trinajstić information content (AvgIpc) is 3.87. The third-order valence-electron chi connectivity index (χ3n) is 12.2. The van der Waals surface area contributed by atoms with Crippen molar-refractivity contribution in [2.24, 2.45) is 0 Å². The summed E-state index contributed by atoms with van der Waals surface area (Å²) in [5.41, 5.74) is 14.1. The molecule has 0 spiro atoms. The van der Waals surface area contributed by atoms with Crippen LogP contribution in [-0.4, -0.2) is 4.57 Å². The number of rotatable bonds is 7. The van der Waals surface area contributed by atoms with E-state index in [9.17, 15) is 0 Å². The topological polar surface area (TPSA) is 8.17 Å². The third kappa shape index (κ3) is 6.18. The maximum atomic E-state index is 2.39. The van der Waals surface area contributed by atoms with Crippen LogP contribution in [0.4, 0.5) is 17.1 Å². The minimum Gasteiger partial charge on any atom is -0.310 e. The van der Waals surface area contributed by atoms with E-state index in [2.05, 4.69) is 240 Å². The highest BCUT2D eigenvalue weighted by Crippen LogP contribution is 2.42. The lowest BCUT2D eigenvalue weighted by Gasteiger charge is -2.26. The Kier molecular flexibility index (Phi) is 8.39. The maximum Gasteiger partial charge on any atom is 0.0541 e. The number of nitrogens with zero attached hydrogens (tertiary/aromatic N) is 2. The standard InChI is InChI=1S/C58H38N2S/c1-2-15-47(16-3-1)60-55-19-8-6-17-51(55)54-37-46(27-34-56(54)60)41-25-30-49(31-26-41)59(50-32-33-53-52-18-7-9-20-57(52)61-58(53)38-50)48-28-23-40(24-29-48)43-13-10-14-44(35-43)45-22-21-39-11-4-5-12-42(39)36-45/h1-38H. The Balaban J connectivity index is 0.925. The lowest BCUT2D eigenvalue weighted by Crippen LogP contribution is -2.09. The molecule has 3 heteroatoms. The summed E-state index contributed by atoms with van der Waals surface area (Å²) in [6.45, 7) is 0. The van der Waals surface area contributed by atoms with Crippen molar-refractivity contribution in [3.8, 4) is 39.1 Å². The van der Waals surface area contributed by atoms with Gasteiger partial charge in [0.05, 0.1) is 11.0 Å². The van der Waals surface area contributed by atoms with Crippen LogP contribution in [0.1, 0.15) is 0 Å². The van der Waals surface area contributed by atoms with Gasteiger partial charge < -0.3 is 9.47 Å². The van der Waals surface area contributed by atoms with Crippen LogP contribution in [0.15, 0.2) is 231 Å². The Hall–Kier alpha value is -7.72. The summed E-state index contributed by atoms with van der Waals surface area (Å²) in [5.74, 6) is 0. The van der Waals surface area contributed by atoms with Crippen molar-refractivity contribution < 1.29 is 0 Å². The van der Waals surface area contributed by atoms with Gasteiger partial charge in [0.15, 0.2) is 0 Å². The van der Waals surface area contributed by atoms with Crippen LogP contribution in [0.5, 0.6) is 0 Å². The van der Waals surface area contributed by atoms with E-state index in [-0.39, 0.29) is 0 Å². The molecule has 61 heavy (non-hydrogen) atoms. The van der Waals surface area contributed by atoms with Crippen LogP contribution in [0, 0.1) is 0 Å². The number of anilines is 3. The minimum absolute atomic E-state index is 1.11. The lowest BCUT2D eigenvalue weighted by molar-refractivity contribution is 1.18. The van der Waals surface area contributed by atoms with Crippen molar-refractivity contribution in [1.29, 1.82) is 0 Å². The summed E-state index contributed by atoms with van der Waals surface area (Å²) in [4.78, 5) is 2.39. The van der Waals surface area contributed by atoms with E-state index in [0.29, 0.717) is 0 Å². The Morgan fingerprint density at radius 1 is 0.295 bits per heavy atom. The van der Waals surface area contributed by atoms with E-state index in [1.165, 1.54) is 91.8 Å². The van der Waals surface area contributed by atoms with Crippen molar-refractivity contribution in [3.05, 3.63) is 231 Å². The van der Waals surface area contributed by atoms with Gasteiger partial charge in [-0.15, -0.1) is 11.3 Å². The first-order valence-electron chi connectivity index (χ1n) is 20.8. The van der Waals surface area contributed by atoms with Gasteiger partial charge in [-0.05, 0) is 129 Å². The van der Waals surface area contributed by atoms with Crippen LogP contribution in [-0.2, 0) is 0 Å². The molecule has 0 N–H and O–H groups in total. The summed E-state index contributed by atoms with van der Waals surface area (Å²) in [7, 11) is 0. The highest BCUT2D eigenvalue weighted by Gasteiger charge is 2.17. The molecule has 12 aromatic rings. The zero-order valence-electron chi connectivity index (χ0n) is 33.2. The van der Waals surface area contributed by atoms with Gasteiger partial charge in [-0.2, -0.15) is 0 Å². The molecule has 0 radical (unpaired) electrons. The van der Waals surface area contributed by atoms with Gasteiger partial charge in [0.25, 0.3) is 0 Å². The second kappa shape index (κ2) is 14.5. The molecular formula is C58H38N2S. The molecule has 10 aromatic carbocycles. The summed E-state index contributed by atoms with van der Waals surface area (Å²) >= 11 is 1.86. The number of fused-ring (bicyclic) bond motifs is 7. The Morgan fingerprint density at radius 3 is 1.64 bits per heavy atom. The van der Waals surface area contributed by atoms with Gasteiger partial charge in [-0.3, -0.25) is 0 Å². The van der Waals surface area contributed by atoms with Gasteiger partial charge in [-0.1, -0.05) is 146 Å². The molecule has 2 heterocycles. The van der Waals surface area contributed by atoms with Crippen molar-refractivity contribution in [2.45, 2.75) is 0 Å². The predicted octanol–water partition coefficient (Wildman–Crippen LogP) is 16.8. The molecule has 2 aromatic heterocycles. The Labute approximate surface area is 358 Å². The van der Waals surface area contributed by atoms with Crippen LogP contribution >= 0.6 is 11.3 Å². The molecule has 0 amide bonds. The minimum atomic E-state index is 1.11. The predicted molar refractivity (Wildman–Crippen MR) is 262 cm³/mol. The van der Waals surface area contributed by atoms with Gasteiger partial charge >= 0.3 is 0 Å². The van der Waals surface area contributed by atoms with E-state index in [1.54, 1.807) is 0 Å². The third-order valence-corrected chi connectivity index (χ3v) is 13.3. The molecule has 0 aliphatic heterocycles. The monoisotopic (exact) mass is 794 g/mol. The van der Waals surface area contributed by atoms with Gasteiger partial charge in [0.2, 0.25) is 0 Å².